The highest BCUT2D eigenvalue weighted by atomic mass is 19.1. The lowest BCUT2D eigenvalue weighted by Gasteiger charge is -2.10. The second-order valence-corrected chi connectivity index (χ2v) is 7.70. The lowest BCUT2D eigenvalue weighted by molar-refractivity contribution is 0.411. The van der Waals surface area contributed by atoms with Gasteiger partial charge in [-0.2, -0.15) is 4.98 Å². The van der Waals surface area contributed by atoms with Gasteiger partial charge in [-0.25, -0.2) is 22.8 Å². The number of fused-ring (bicyclic) bond motifs is 1. The Morgan fingerprint density at radius 1 is 0.943 bits per heavy atom. The number of aromatic nitrogens is 4. The van der Waals surface area contributed by atoms with Crippen molar-refractivity contribution in [2.24, 2.45) is 0 Å². The second-order valence-electron chi connectivity index (χ2n) is 7.70. The van der Waals surface area contributed by atoms with Crippen molar-refractivity contribution >= 4 is 22.8 Å². The van der Waals surface area contributed by atoms with Gasteiger partial charge in [-0.1, -0.05) is 18.2 Å². The van der Waals surface area contributed by atoms with E-state index < -0.39 is 11.6 Å². The first-order valence-corrected chi connectivity index (χ1v) is 10.6. The SMILES string of the molecule is COc1ccc(-c2nc(NCc3cccc(F)c3)nc3nn(-c4cccc(F)c4)c(N)c23)c(F)c1. The first kappa shape index (κ1) is 22.2. The van der Waals surface area contributed by atoms with Gasteiger partial charge in [0, 0.05) is 18.2 Å². The summed E-state index contributed by atoms with van der Waals surface area (Å²) in [4.78, 5) is 8.93. The number of nitrogens with zero attached hydrogens (tertiary/aromatic N) is 4. The van der Waals surface area contributed by atoms with Crippen LogP contribution in [0, 0.1) is 17.5 Å². The zero-order chi connectivity index (χ0) is 24.5. The molecule has 5 aromatic rings. The smallest absolute Gasteiger partial charge is 0.225 e. The zero-order valence-corrected chi connectivity index (χ0v) is 18.5. The van der Waals surface area contributed by atoms with Crippen molar-refractivity contribution in [2.75, 3.05) is 18.2 Å². The molecule has 2 aromatic heterocycles. The van der Waals surface area contributed by atoms with E-state index in [1.54, 1.807) is 24.3 Å². The first-order valence-electron chi connectivity index (χ1n) is 10.6. The number of halogens is 3. The standard InChI is InChI=1S/C25H19F3N6O/c1-35-18-8-9-19(20(28)12-18)22-21-23(29)34(17-7-3-6-16(27)11-17)33-24(21)32-25(31-22)30-13-14-4-2-5-15(26)10-14/h2-12H,13,29H2,1H3,(H,30,32,33). The van der Waals surface area contributed by atoms with Gasteiger partial charge in [-0.3, -0.25) is 0 Å². The van der Waals surface area contributed by atoms with Gasteiger partial charge in [0.1, 0.15) is 29.0 Å². The number of nitrogens with two attached hydrogens (primary N) is 1. The predicted octanol–water partition coefficient (Wildman–Crippen LogP) is 5.10. The third-order valence-corrected chi connectivity index (χ3v) is 5.39. The maximum atomic E-state index is 15.1. The lowest BCUT2D eigenvalue weighted by atomic mass is 10.1. The molecule has 5 rings (SSSR count). The highest BCUT2D eigenvalue weighted by Crippen LogP contribution is 2.35. The van der Waals surface area contributed by atoms with Crippen LogP contribution in [0.15, 0.2) is 66.7 Å². The average Bonchev–Trinajstić information content (AvgIpc) is 3.18. The van der Waals surface area contributed by atoms with Crippen molar-refractivity contribution in [3.63, 3.8) is 0 Å². The highest BCUT2D eigenvalue weighted by molar-refractivity contribution is 5.99. The van der Waals surface area contributed by atoms with E-state index in [2.05, 4.69) is 20.4 Å². The summed E-state index contributed by atoms with van der Waals surface area (Å²) in [6, 6.07) is 16.1. The van der Waals surface area contributed by atoms with Gasteiger partial charge in [0.05, 0.1) is 23.9 Å². The van der Waals surface area contributed by atoms with E-state index in [-0.39, 0.29) is 41.0 Å². The van der Waals surface area contributed by atoms with E-state index >= 15 is 4.39 Å². The summed E-state index contributed by atoms with van der Waals surface area (Å²) < 4.78 is 48.9. The van der Waals surface area contributed by atoms with Crippen molar-refractivity contribution in [1.29, 1.82) is 0 Å². The van der Waals surface area contributed by atoms with E-state index in [4.69, 9.17) is 10.5 Å². The molecule has 0 fully saturated rings. The molecule has 35 heavy (non-hydrogen) atoms. The van der Waals surface area contributed by atoms with Crippen LogP contribution in [-0.2, 0) is 6.54 Å². The van der Waals surface area contributed by atoms with Gasteiger partial charge in [-0.15, -0.1) is 5.10 Å². The number of hydrogen-bond acceptors (Lipinski definition) is 6. The van der Waals surface area contributed by atoms with Crippen molar-refractivity contribution in [1.82, 2.24) is 19.7 Å². The number of ether oxygens (including phenoxy) is 1. The third-order valence-electron chi connectivity index (χ3n) is 5.39. The topological polar surface area (TPSA) is 90.9 Å². The molecule has 0 unspecified atom stereocenters. The maximum absolute atomic E-state index is 15.1. The Morgan fingerprint density at radius 3 is 2.43 bits per heavy atom. The molecule has 7 nitrogen and oxygen atoms in total. The summed E-state index contributed by atoms with van der Waals surface area (Å²) in [7, 11) is 1.44. The molecule has 0 radical (unpaired) electrons. The largest absolute Gasteiger partial charge is 0.497 e. The van der Waals surface area contributed by atoms with Crippen LogP contribution in [0.4, 0.5) is 24.9 Å². The van der Waals surface area contributed by atoms with Crippen LogP contribution in [0.5, 0.6) is 5.75 Å². The molecule has 0 aliphatic rings. The zero-order valence-electron chi connectivity index (χ0n) is 18.5. The minimum atomic E-state index is -0.585. The third kappa shape index (κ3) is 4.33. The molecule has 0 saturated carbocycles. The fraction of sp³-hybridized carbons (Fsp3) is 0.0800. The summed E-state index contributed by atoms with van der Waals surface area (Å²) in [5.41, 5.74) is 7.94. The van der Waals surface area contributed by atoms with Crippen LogP contribution in [0.2, 0.25) is 0 Å². The van der Waals surface area contributed by atoms with Crippen molar-refractivity contribution < 1.29 is 17.9 Å². The highest BCUT2D eigenvalue weighted by Gasteiger charge is 2.21. The molecule has 0 saturated heterocycles. The van der Waals surface area contributed by atoms with Crippen LogP contribution in [0.1, 0.15) is 5.56 Å². The number of hydrogen-bond donors (Lipinski definition) is 2. The number of methoxy groups -OCH3 is 1. The van der Waals surface area contributed by atoms with Crippen molar-refractivity contribution in [3.8, 4) is 22.7 Å². The molecule has 0 aliphatic carbocycles. The summed E-state index contributed by atoms with van der Waals surface area (Å²) >= 11 is 0. The van der Waals surface area contributed by atoms with Gasteiger partial charge in [0.2, 0.25) is 5.95 Å². The van der Waals surface area contributed by atoms with E-state index in [1.165, 1.54) is 54.3 Å². The first-order chi connectivity index (χ1) is 16.9. The van der Waals surface area contributed by atoms with Crippen LogP contribution in [-0.4, -0.2) is 26.9 Å². The van der Waals surface area contributed by atoms with E-state index in [1.807, 2.05) is 0 Å². The van der Waals surface area contributed by atoms with E-state index in [0.717, 1.165) is 0 Å². The molecule has 2 heterocycles. The summed E-state index contributed by atoms with van der Waals surface area (Å²) in [6.45, 7) is 0.216. The summed E-state index contributed by atoms with van der Waals surface area (Å²) in [6.07, 6.45) is 0. The molecular formula is C25H19F3N6O. The van der Waals surface area contributed by atoms with E-state index in [0.29, 0.717) is 22.4 Å². The Morgan fingerprint density at radius 2 is 1.71 bits per heavy atom. The molecule has 3 aromatic carbocycles. The van der Waals surface area contributed by atoms with Gasteiger partial charge in [0.25, 0.3) is 0 Å². The number of anilines is 2. The average molecular weight is 476 g/mol. The molecule has 0 spiro atoms. The fourth-order valence-corrected chi connectivity index (χ4v) is 3.73. The molecule has 0 bridgehead atoms. The molecule has 0 aliphatic heterocycles. The quantitative estimate of drug-likeness (QED) is 0.354. The number of benzene rings is 3. The normalized spacial score (nSPS) is 11.1. The fourth-order valence-electron chi connectivity index (χ4n) is 3.73. The molecular weight excluding hydrogens is 457 g/mol. The van der Waals surface area contributed by atoms with Crippen LogP contribution in [0.3, 0.4) is 0 Å². The Labute approximate surface area is 198 Å². The predicted molar refractivity (Wildman–Crippen MR) is 127 cm³/mol. The van der Waals surface area contributed by atoms with Gasteiger partial charge in [0.15, 0.2) is 5.65 Å². The van der Waals surface area contributed by atoms with Gasteiger partial charge < -0.3 is 15.8 Å². The molecule has 176 valence electrons. The Kier molecular flexibility index (Phi) is 5.69. The van der Waals surface area contributed by atoms with E-state index in [9.17, 15) is 8.78 Å². The van der Waals surface area contributed by atoms with Crippen molar-refractivity contribution in [3.05, 3.63) is 89.7 Å². The van der Waals surface area contributed by atoms with Crippen LogP contribution >= 0.6 is 0 Å². The lowest BCUT2D eigenvalue weighted by Crippen LogP contribution is -2.05. The van der Waals surface area contributed by atoms with Crippen LogP contribution < -0.4 is 15.8 Å². The second kappa shape index (κ2) is 8.98. The molecule has 0 amide bonds. The summed E-state index contributed by atoms with van der Waals surface area (Å²) in [5.74, 6) is -0.833. The number of rotatable bonds is 6. The van der Waals surface area contributed by atoms with Crippen molar-refractivity contribution in [2.45, 2.75) is 6.54 Å². The minimum absolute atomic E-state index is 0.118. The van der Waals surface area contributed by atoms with Gasteiger partial charge >= 0.3 is 0 Å². The minimum Gasteiger partial charge on any atom is -0.497 e. The Bertz CT molecular complexity index is 1550. The number of nitrogens with one attached hydrogen (secondary N) is 1. The van der Waals surface area contributed by atoms with Crippen LogP contribution in [0.25, 0.3) is 28.0 Å². The Balaban J connectivity index is 1.66. The molecule has 3 N–H and O–H groups in total. The number of nitrogen functional groups attached to an aromatic ring is 1. The Hall–Kier alpha value is -4.60. The maximum Gasteiger partial charge on any atom is 0.225 e. The monoisotopic (exact) mass is 476 g/mol. The van der Waals surface area contributed by atoms with Gasteiger partial charge in [-0.05, 0) is 48.0 Å². The summed E-state index contributed by atoms with van der Waals surface area (Å²) in [5, 5.41) is 7.75. The molecule has 10 heteroatoms. The molecule has 0 atom stereocenters.